The molecule has 1 rings (SSSR count). The maximum atomic E-state index is 14.3. The first-order valence-corrected chi connectivity index (χ1v) is 11.7. The first-order valence-electron chi connectivity index (χ1n) is 11.0. The van der Waals surface area contributed by atoms with Crippen LogP contribution in [0.4, 0.5) is 4.39 Å². The Bertz CT molecular complexity index is 569. The largest absolute Gasteiger partial charge is 0.396 e. The Kier molecular flexibility index (Phi) is 15.6. The molecule has 0 aromatic heterocycles. The van der Waals surface area contributed by atoms with E-state index in [2.05, 4.69) is 39.6 Å². The van der Waals surface area contributed by atoms with Crippen LogP contribution in [0.15, 0.2) is 18.7 Å². The maximum Gasteiger partial charge on any atom is 0.135 e. The van der Waals surface area contributed by atoms with Crippen LogP contribution < -0.4 is 5.32 Å². The van der Waals surface area contributed by atoms with Gasteiger partial charge in [0.2, 0.25) is 0 Å². The van der Waals surface area contributed by atoms with Gasteiger partial charge in [-0.1, -0.05) is 83.7 Å². The number of hydrogen-bond donors (Lipinski definition) is 2. The monoisotopic (exact) mass is 447 g/mol. The fourth-order valence-electron chi connectivity index (χ4n) is 3.30. The lowest BCUT2D eigenvalue weighted by molar-refractivity contribution is 0.295. The van der Waals surface area contributed by atoms with Crippen LogP contribution in [-0.2, 0) is 0 Å². The van der Waals surface area contributed by atoms with Gasteiger partial charge in [0.15, 0.2) is 0 Å². The van der Waals surface area contributed by atoms with E-state index < -0.39 is 5.82 Å². The molecule has 0 aliphatic heterocycles. The van der Waals surface area contributed by atoms with E-state index in [1.54, 1.807) is 6.07 Å². The minimum Gasteiger partial charge on any atom is -0.396 e. The van der Waals surface area contributed by atoms with Crippen molar-refractivity contribution < 1.29 is 9.50 Å². The molecule has 0 saturated heterocycles. The molecule has 168 valence electrons. The van der Waals surface area contributed by atoms with Gasteiger partial charge in [-0.3, -0.25) is 0 Å². The highest BCUT2D eigenvalue weighted by Gasteiger charge is 2.22. The summed E-state index contributed by atoms with van der Waals surface area (Å²) in [5, 5.41) is 11.9. The Morgan fingerprint density at radius 1 is 1.07 bits per heavy atom. The molecule has 1 aromatic carbocycles. The summed E-state index contributed by atoms with van der Waals surface area (Å²) in [4.78, 5) is 0. The maximum absolute atomic E-state index is 14.3. The zero-order valence-corrected chi connectivity index (χ0v) is 20.3. The van der Waals surface area contributed by atoms with Crippen molar-refractivity contribution in [2.75, 3.05) is 6.61 Å². The normalized spacial score (nSPS) is 13.8. The predicted octanol–water partition coefficient (Wildman–Crippen LogP) is 8.10. The van der Waals surface area contributed by atoms with E-state index in [0.717, 1.165) is 31.6 Å². The number of rotatable bonds is 12. The van der Waals surface area contributed by atoms with Gasteiger partial charge in [0.05, 0.1) is 10.6 Å². The summed E-state index contributed by atoms with van der Waals surface area (Å²) in [7, 11) is 0. The summed E-state index contributed by atoms with van der Waals surface area (Å²) >= 11 is 12.1. The van der Waals surface area contributed by atoms with Crippen molar-refractivity contribution in [2.45, 2.75) is 85.6 Å². The summed E-state index contributed by atoms with van der Waals surface area (Å²) < 4.78 is 14.3. The number of hydrogen-bond acceptors (Lipinski definition) is 2. The molecule has 3 unspecified atom stereocenters. The Hall–Kier alpha value is -0.770. The van der Waals surface area contributed by atoms with Crippen molar-refractivity contribution >= 4 is 28.9 Å². The van der Waals surface area contributed by atoms with Gasteiger partial charge in [-0.2, -0.15) is 0 Å². The summed E-state index contributed by atoms with van der Waals surface area (Å²) in [6, 6.07) is 3.10. The van der Waals surface area contributed by atoms with Crippen molar-refractivity contribution in [2.24, 2.45) is 11.8 Å². The molecule has 0 radical (unpaired) electrons. The van der Waals surface area contributed by atoms with Crippen molar-refractivity contribution in [1.29, 1.82) is 0 Å². The fraction of sp³-hybridized carbons (Fsp3) is 0.667. The third kappa shape index (κ3) is 10.7. The highest BCUT2D eigenvalue weighted by molar-refractivity contribution is 6.35. The van der Waals surface area contributed by atoms with E-state index in [9.17, 15) is 4.39 Å². The van der Waals surface area contributed by atoms with Crippen LogP contribution in [-0.4, -0.2) is 17.8 Å². The minimum absolute atomic E-state index is 0.266. The molecule has 0 saturated carbocycles. The SMILES string of the molecule is C=C(NC(CC)C(CCC)CCC(C)CC)c1c(F)cc(Cl)cc1Cl.CCCO. The predicted molar refractivity (Wildman–Crippen MR) is 127 cm³/mol. The molecule has 2 N–H and O–H groups in total. The van der Waals surface area contributed by atoms with Gasteiger partial charge in [0, 0.05) is 23.4 Å². The summed E-state index contributed by atoms with van der Waals surface area (Å²) in [6.07, 6.45) is 7.76. The van der Waals surface area contributed by atoms with Gasteiger partial charge >= 0.3 is 0 Å². The molecule has 29 heavy (non-hydrogen) atoms. The zero-order chi connectivity index (χ0) is 22.4. The van der Waals surface area contributed by atoms with Crippen molar-refractivity contribution in [3.63, 3.8) is 0 Å². The van der Waals surface area contributed by atoms with E-state index in [0.29, 0.717) is 33.8 Å². The van der Waals surface area contributed by atoms with Gasteiger partial charge in [-0.15, -0.1) is 0 Å². The van der Waals surface area contributed by atoms with E-state index in [-0.39, 0.29) is 6.04 Å². The molecule has 0 spiro atoms. The average Bonchev–Trinajstić information content (AvgIpc) is 2.68. The van der Waals surface area contributed by atoms with Gasteiger partial charge in [-0.25, -0.2) is 4.39 Å². The third-order valence-electron chi connectivity index (χ3n) is 5.29. The highest BCUT2D eigenvalue weighted by Crippen LogP contribution is 2.30. The second kappa shape index (κ2) is 16.0. The van der Waals surface area contributed by atoms with Crippen LogP contribution in [0, 0.1) is 17.7 Å². The van der Waals surface area contributed by atoms with E-state index in [1.807, 2.05) is 6.92 Å². The molecule has 0 aliphatic rings. The summed E-state index contributed by atoms with van der Waals surface area (Å²) in [5.74, 6) is 0.856. The van der Waals surface area contributed by atoms with Crippen LogP contribution in [0.25, 0.3) is 5.70 Å². The third-order valence-corrected chi connectivity index (χ3v) is 5.80. The molecule has 0 amide bonds. The Balaban J connectivity index is 0.00000178. The smallest absolute Gasteiger partial charge is 0.135 e. The topological polar surface area (TPSA) is 32.3 Å². The number of nitrogens with one attached hydrogen (secondary N) is 1. The van der Waals surface area contributed by atoms with E-state index in [4.69, 9.17) is 28.3 Å². The Labute approximate surface area is 187 Å². The second-order valence-corrected chi connectivity index (χ2v) is 8.59. The van der Waals surface area contributed by atoms with Crippen LogP contribution in [0.2, 0.25) is 10.0 Å². The fourth-order valence-corrected chi connectivity index (χ4v) is 3.88. The number of aliphatic hydroxyl groups excluding tert-OH is 1. The standard InChI is InChI=1S/C21H32Cl2FN.C3H8O/c1-6-9-16(11-10-14(4)7-2)20(8-3)25-15(5)21-18(23)12-17(22)13-19(21)24;1-2-3-4/h12-14,16,20,25H,5-11H2,1-4H3;4H,2-3H2,1H3. The minimum atomic E-state index is -0.434. The van der Waals surface area contributed by atoms with Crippen molar-refractivity contribution in [1.82, 2.24) is 5.32 Å². The molecule has 0 fully saturated rings. The Morgan fingerprint density at radius 2 is 1.69 bits per heavy atom. The molecule has 0 bridgehead atoms. The molecule has 0 aliphatic carbocycles. The average molecular weight is 448 g/mol. The second-order valence-electron chi connectivity index (χ2n) is 7.75. The van der Waals surface area contributed by atoms with E-state index in [1.165, 1.54) is 25.3 Å². The van der Waals surface area contributed by atoms with Gasteiger partial charge < -0.3 is 10.4 Å². The van der Waals surface area contributed by atoms with Gasteiger partial charge in [0.25, 0.3) is 0 Å². The number of halogens is 3. The van der Waals surface area contributed by atoms with Crippen molar-refractivity contribution in [3.05, 3.63) is 40.1 Å². The van der Waals surface area contributed by atoms with Crippen LogP contribution in [0.5, 0.6) is 0 Å². The quantitative estimate of drug-likeness (QED) is 0.339. The van der Waals surface area contributed by atoms with Gasteiger partial charge in [-0.05, 0) is 49.7 Å². The molecule has 3 atom stereocenters. The first-order chi connectivity index (χ1) is 13.7. The summed E-state index contributed by atoms with van der Waals surface area (Å²) in [5.41, 5.74) is 0.859. The zero-order valence-electron chi connectivity index (χ0n) is 18.8. The molecule has 2 nitrogen and oxygen atoms in total. The van der Waals surface area contributed by atoms with Crippen molar-refractivity contribution in [3.8, 4) is 0 Å². The molecular weight excluding hydrogens is 408 g/mol. The molecular formula is C24H40Cl2FNO. The Morgan fingerprint density at radius 3 is 2.14 bits per heavy atom. The number of aliphatic hydroxyl groups is 1. The lowest BCUT2D eigenvalue weighted by atomic mass is 9.85. The van der Waals surface area contributed by atoms with Crippen LogP contribution in [0.3, 0.4) is 0 Å². The summed E-state index contributed by atoms with van der Waals surface area (Å²) in [6.45, 7) is 15.2. The first kappa shape index (κ1) is 28.2. The molecule has 5 heteroatoms. The highest BCUT2D eigenvalue weighted by atomic mass is 35.5. The van der Waals surface area contributed by atoms with Crippen LogP contribution >= 0.6 is 23.2 Å². The van der Waals surface area contributed by atoms with Gasteiger partial charge in [0.1, 0.15) is 5.82 Å². The van der Waals surface area contributed by atoms with E-state index >= 15 is 0 Å². The molecule has 1 aromatic rings. The lowest BCUT2D eigenvalue weighted by Gasteiger charge is -2.30. The van der Waals surface area contributed by atoms with Crippen LogP contribution in [0.1, 0.15) is 85.1 Å². The lowest BCUT2D eigenvalue weighted by Crippen LogP contribution is -2.35. The molecule has 0 heterocycles. The number of benzene rings is 1.